The number of aliphatic imine (C=N–C) groups is 2. The van der Waals surface area contributed by atoms with Crippen LogP contribution >= 0.6 is 0 Å². The van der Waals surface area contributed by atoms with Crippen molar-refractivity contribution in [3.05, 3.63) is 35.4 Å². The van der Waals surface area contributed by atoms with Crippen molar-refractivity contribution < 1.29 is 5.11 Å². The number of benzene rings is 1. The summed E-state index contributed by atoms with van der Waals surface area (Å²) in [5, 5.41) is 10.5. The first-order valence-corrected chi connectivity index (χ1v) is 5.63. The third-order valence-corrected chi connectivity index (χ3v) is 2.76. The Morgan fingerprint density at radius 2 is 2.00 bits per heavy atom. The minimum absolute atomic E-state index is 0.282. The fourth-order valence-corrected chi connectivity index (χ4v) is 1.55. The lowest BCUT2D eigenvalue weighted by molar-refractivity contribution is 0.0425. The summed E-state index contributed by atoms with van der Waals surface area (Å²) in [7, 11) is 0. The molecule has 1 aromatic rings. The zero-order chi connectivity index (χ0) is 12.7. The molecule has 0 amide bonds. The van der Waals surface area contributed by atoms with Crippen LogP contribution in [0.5, 0.6) is 0 Å². The van der Waals surface area contributed by atoms with E-state index >= 15 is 0 Å². The molecule has 0 bridgehead atoms. The first-order valence-electron chi connectivity index (χ1n) is 5.63. The Morgan fingerprint density at radius 3 is 2.53 bits per heavy atom. The molecule has 3 N–H and O–H groups in total. The molecule has 4 nitrogen and oxygen atoms in total. The quantitative estimate of drug-likeness (QED) is 0.599. The Balaban J connectivity index is 2.83. The highest BCUT2D eigenvalue weighted by molar-refractivity contribution is 5.69. The Morgan fingerprint density at radius 1 is 1.35 bits per heavy atom. The summed E-state index contributed by atoms with van der Waals surface area (Å²) in [5.74, 6) is 0. The average Bonchev–Trinajstić information content (AvgIpc) is 2.35. The van der Waals surface area contributed by atoms with E-state index in [0.29, 0.717) is 6.42 Å². The lowest BCUT2D eigenvalue weighted by Gasteiger charge is -2.25. The number of aryl methyl sites for hydroxylation is 1. The molecule has 0 saturated carbocycles. The van der Waals surface area contributed by atoms with Gasteiger partial charge in [-0.25, -0.2) is 4.99 Å². The minimum atomic E-state index is -0.936. The summed E-state index contributed by atoms with van der Waals surface area (Å²) in [4.78, 5) is 7.72. The average molecular weight is 233 g/mol. The zero-order valence-corrected chi connectivity index (χ0v) is 10.3. The van der Waals surface area contributed by atoms with Gasteiger partial charge in [0.1, 0.15) is 11.9 Å². The summed E-state index contributed by atoms with van der Waals surface area (Å²) >= 11 is 0. The molecule has 92 valence electrons. The van der Waals surface area contributed by atoms with E-state index in [1.165, 1.54) is 18.2 Å². The molecular weight excluding hydrogens is 214 g/mol. The van der Waals surface area contributed by atoms with Crippen LogP contribution in [0, 0.1) is 6.92 Å². The van der Waals surface area contributed by atoms with Gasteiger partial charge in [-0.15, -0.1) is 0 Å². The van der Waals surface area contributed by atoms with Gasteiger partial charge < -0.3 is 10.8 Å². The van der Waals surface area contributed by atoms with E-state index in [9.17, 15) is 5.11 Å². The number of nitrogens with two attached hydrogens (primary N) is 1. The molecule has 0 aliphatic carbocycles. The second-order valence-electron chi connectivity index (χ2n) is 4.01. The van der Waals surface area contributed by atoms with Gasteiger partial charge in [0.15, 0.2) is 0 Å². The van der Waals surface area contributed by atoms with Crippen LogP contribution in [-0.4, -0.2) is 24.3 Å². The maximum atomic E-state index is 10.5. The molecule has 0 saturated heterocycles. The van der Waals surface area contributed by atoms with Crippen LogP contribution in [0.3, 0.4) is 0 Å². The zero-order valence-electron chi connectivity index (χ0n) is 10.3. The molecule has 0 aliphatic rings. The number of rotatable bonds is 5. The highest BCUT2D eigenvalue weighted by atomic mass is 16.3. The summed E-state index contributed by atoms with van der Waals surface area (Å²) in [6.45, 7) is 4.23. The van der Waals surface area contributed by atoms with Crippen molar-refractivity contribution in [2.24, 2.45) is 15.7 Å². The first kappa shape index (κ1) is 13.4. The number of aliphatic hydroxyl groups is 1. The fraction of sp³-hybridized carbons (Fsp3) is 0.385. The van der Waals surface area contributed by atoms with Crippen molar-refractivity contribution in [2.75, 3.05) is 6.54 Å². The third-order valence-electron chi connectivity index (χ3n) is 2.76. The molecule has 0 fully saturated rings. The van der Waals surface area contributed by atoms with Gasteiger partial charge in [-0.2, -0.15) is 0 Å². The lowest BCUT2D eigenvalue weighted by atomic mass is 9.91. The van der Waals surface area contributed by atoms with Crippen molar-refractivity contribution in [3.8, 4) is 0 Å². The summed E-state index contributed by atoms with van der Waals surface area (Å²) in [5.41, 5.74) is 6.20. The van der Waals surface area contributed by atoms with E-state index in [2.05, 4.69) is 9.98 Å². The largest absolute Gasteiger partial charge is 0.390 e. The summed E-state index contributed by atoms with van der Waals surface area (Å²) in [6.07, 6.45) is 3.12. The monoisotopic (exact) mass is 233 g/mol. The highest BCUT2D eigenvalue weighted by Gasteiger charge is 2.26. The van der Waals surface area contributed by atoms with Crippen LogP contribution < -0.4 is 5.73 Å². The van der Waals surface area contributed by atoms with Gasteiger partial charge in [0, 0.05) is 0 Å². The SMILES string of the molecule is CCC(O)(CN=CN=CN)c1ccc(C)cc1. The molecule has 0 spiro atoms. The van der Waals surface area contributed by atoms with Crippen molar-refractivity contribution in [1.29, 1.82) is 0 Å². The molecule has 0 heterocycles. The predicted molar refractivity (Wildman–Crippen MR) is 71.4 cm³/mol. The topological polar surface area (TPSA) is 71.0 Å². The van der Waals surface area contributed by atoms with Crippen LogP contribution in [0.15, 0.2) is 34.3 Å². The van der Waals surface area contributed by atoms with Gasteiger partial charge in [0.25, 0.3) is 0 Å². The Bertz CT molecular complexity index is 398. The summed E-state index contributed by atoms with van der Waals surface area (Å²) < 4.78 is 0. The lowest BCUT2D eigenvalue weighted by Crippen LogP contribution is -2.28. The molecule has 1 aromatic carbocycles. The normalized spacial score (nSPS) is 15.5. The Kier molecular flexibility index (Phi) is 4.84. The molecule has 4 heteroatoms. The van der Waals surface area contributed by atoms with Crippen LogP contribution in [0.25, 0.3) is 0 Å². The van der Waals surface area contributed by atoms with E-state index in [1.54, 1.807) is 0 Å². The predicted octanol–water partition coefficient (Wildman–Crippen LogP) is 1.61. The fourth-order valence-electron chi connectivity index (χ4n) is 1.55. The molecule has 17 heavy (non-hydrogen) atoms. The molecule has 1 atom stereocenters. The molecular formula is C13H19N3O. The number of hydrogen-bond acceptors (Lipinski definition) is 2. The smallest absolute Gasteiger partial charge is 0.111 e. The van der Waals surface area contributed by atoms with Crippen molar-refractivity contribution in [3.63, 3.8) is 0 Å². The van der Waals surface area contributed by atoms with Crippen molar-refractivity contribution >= 4 is 12.7 Å². The number of nitrogens with zero attached hydrogens (tertiary/aromatic N) is 2. The van der Waals surface area contributed by atoms with E-state index in [0.717, 1.165) is 5.56 Å². The summed E-state index contributed by atoms with van der Waals surface area (Å²) in [6, 6.07) is 7.83. The Hall–Kier alpha value is -1.68. The third kappa shape index (κ3) is 3.67. The van der Waals surface area contributed by atoms with E-state index < -0.39 is 5.60 Å². The first-order chi connectivity index (χ1) is 8.12. The van der Waals surface area contributed by atoms with Crippen LogP contribution in [0.4, 0.5) is 0 Å². The maximum Gasteiger partial charge on any atom is 0.111 e. The molecule has 1 rings (SSSR count). The van der Waals surface area contributed by atoms with Gasteiger partial charge >= 0.3 is 0 Å². The highest BCUT2D eigenvalue weighted by Crippen LogP contribution is 2.25. The number of hydrogen-bond donors (Lipinski definition) is 2. The second kappa shape index (κ2) is 6.15. The minimum Gasteiger partial charge on any atom is -0.390 e. The molecule has 0 aliphatic heterocycles. The van der Waals surface area contributed by atoms with E-state index in [-0.39, 0.29) is 6.54 Å². The van der Waals surface area contributed by atoms with Crippen LogP contribution in [-0.2, 0) is 5.60 Å². The van der Waals surface area contributed by atoms with Crippen LogP contribution in [0.1, 0.15) is 24.5 Å². The van der Waals surface area contributed by atoms with Crippen molar-refractivity contribution in [1.82, 2.24) is 0 Å². The van der Waals surface area contributed by atoms with Crippen LogP contribution in [0.2, 0.25) is 0 Å². The second-order valence-corrected chi connectivity index (χ2v) is 4.01. The van der Waals surface area contributed by atoms with Gasteiger partial charge in [-0.1, -0.05) is 36.8 Å². The van der Waals surface area contributed by atoms with Gasteiger partial charge in [0.2, 0.25) is 0 Å². The van der Waals surface area contributed by atoms with Gasteiger partial charge in [-0.05, 0) is 18.9 Å². The standard InChI is InChI=1S/C13H19N3O/c1-3-13(17,8-15-10-16-9-14)12-6-4-11(2)5-7-12/h4-7,9-10,17H,3,8H2,1-2H3,(H2,14,15,16). The Labute approximate surface area is 102 Å². The van der Waals surface area contributed by atoms with E-state index in [4.69, 9.17) is 5.73 Å². The van der Waals surface area contributed by atoms with Crippen molar-refractivity contribution in [2.45, 2.75) is 25.9 Å². The van der Waals surface area contributed by atoms with Gasteiger partial charge in [-0.3, -0.25) is 4.99 Å². The molecule has 1 unspecified atom stereocenters. The van der Waals surface area contributed by atoms with E-state index in [1.807, 2.05) is 38.1 Å². The molecule has 0 aromatic heterocycles. The van der Waals surface area contributed by atoms with Gasteiger partial charge in [0.05, 0.1) is 12.9 Å². The maximum absolute atomic E-state index is 10.5. The molecule has 0 radical (unpaired) electrons.